The van der Waals surface area contributed by atoms with E-state index in [0.717, 1.165) is 87.2 Å². The molecule has 14 aromatic rings. The minimum absolute atomic E-state index is 0.102. The van der Waals surface area contributed by atoms with Crippen molar-refractivity contribution in [1.29, 1.82) is 5.26 Å². The highest BCUT2D eigenvalue weighted by molar-refractivity contribution is 6.14. The average Bonchev–Trinajstić information content (AvgIpc) is 4.13. The van der Waals surface area contributed by atoms with Gasteiger partial charge in [-0.05, 0) is 78.4 Å². The number of halogens is 3. The molecule has 0 N–H and O–H groups in total. The summed E-state index contributed by atoms with van der Waals surface area (Å²) in [6.45, 7) is 0. The quantitative estimate of drug-likeness (QED) is 0.170. The van der Waals surface area contributed by atoms with Crippen molar-refractivity contribution < 1.29 is 13.2 Å². The number of aromatic nitrogens is 4. The Balaban J connectivity index is 1.17. The van der Waals surface area contributed by atoms with E-state index in [1.54, 1.807) is 12.1 Å². The molecular formula is C62H36F3N5. The Hall–Kier alpha value is -9.32. The molecule has 0 aliphatic heterocycles. The fourth-order valence-corrected chi connectivity index (χ4v) is 11.4. The first-order valence-electron chi connectivity index (χ1n) is 23.2. The third-order valence-electron chi connectivity index (χ3n) is 14.2. The third kappa shape index (κ3) is 5.60. The number of fused-ring (bicyclic) bond motifs is 12. The molecule has 0 amide bonds. The topological polar surface area (TPSA) is 43.5 Å². The van der Waals surface area contributed by atoms with E-state index in [9.17, 15) is 5.26 Å². The van der Waals surface area contributed by atoms with E-state index < -0.39 is 11.7 Å². The molecule has 10 aromatic carbocycles. The maximum atomic E-state index is 16.5. The number of nitrogens with zero attached hydrogens (tertiary/aromatic N) is 5. The average molecular weight is 908 g/mol. The zero-order chi connectivity index (χ0) is 46.8. The molecule has 0 spiro atoms. The van der Waals surface area contributed by atoms with E-state index in [1.165, 1.54) is 6.07 Å². The van der Waals surface area contributed by atoms with Gasteiger partial charge in [0.2, 0.25) is 0 Å². The summed E-state index contributed by atoms with van der Waals surface area (Å²) in [6.07, 6.45) is -4.85. The molecule has 5 nitrogen and oxygen atoms in total. The Morgan fingerprint density at radius 3 is 0.786 bits per heavy atom. The molecule has 0 radical (unpaired) electrons. The van der Waals surface area contributed by atoms with E-state index in [1.807, 2.05) is 156 Å². The lowest BCUT2D eigenvalue weighted by Gasteiger charge is -2.24. The van der Waals surface area contributed by atoms with Crippen molar-refractivity contribution in [2.75, 3.05) is 0 Å². The van der Waals surface area contributed by atoms with Gasteiger partial charge in [-0.1, -0.05) is 146 Å². The fraction of sp³-hybridized carbons (Fsp3) is 0.0161. The van der Waals surface area contributed by atoms with Crippen LogP contribution in [0.1, 0.15) is 11.1 Å². The molecule has 0 unspecified atom stereocenters. The maximum Gasteiger partial charge on any atom is 0.417 e. The Bertz CT molecular complexity index is 4340. The minimum atomic E-state index is -4.85. The van der Waals surface area contributed by atoms with Crippen LogP contribution in [-0.2, 0) is 6.18 Å². The monoisotopic (exact) mass is 907 g/mol. The van der Waals surface area contributed by atoms with Gasteiger partial charge in [0, 0.05) is 48.7 Å². The zero-order valence-corrected chi connectivity index (χ0v) is 37.2. The molecule has 0 saturated heterocycles. The molecule has 330 valence electrons. The summed E-state index contributed by atoms with van der Waals surface area (Å²) in [5.74, 6) is 0. The normalized spacial score (nSPS) is 12.2. The van der Waals surface area contributed by atoms with Crippen LogP contribution >= 0.6 is 0 Å². The summed E-state index contributed by atoms with van der Waals surface area (Å²) >= 11 is 0. The first-order chi connectivity index (χ1) is 34.4. The lowest BCUT2D eigenvalue weighted by molar-refractivity contribution is -0.137. The first-order valence-corrected chi connectivity index (χ1v) is 23.2. The van der Waals surface area contributed by atoms with Crippen molar-refractivity contribution in [3.05, 3.63) is 230 Å². The van der Waals surface area contributed by atoms with Crippen LogP contribution in [0.25, 0.3) is 121 Å². The molecule has 0 bridgehead atoms. The van der Waals surface area contributed by atoms with Crippen molar-refractivity contribution >= 4 is 87.2 Å². The second-order valence-electron chi connectivity index (χ2n) is 17.9. The predicted molar refractivity (Wildman–Crippen MR) is 279 cm³/mol. The van der Waals surface area contributed by atoms with Crippen molar-refractivity contribution in [1.82, 2.24) is 18.3 Å². The van der Waals surface area contributed by atoms with Gasteiger partial charge in [0.25, 0.3) is 0 Å². The summed E-state index contributed by atoms with van der Waals surface area (Å²) < 4.78 is 57.9. The second-order valence-corrected chi connectivity index (χ2v) is 17.9. The van der Waals surface area contributed by atoms with E-state index in [4.69, 9.17) is 0 Å². The molecule has 14 rings (SSSR count). The number of hydrogen-bond acceptors (Lipinski definition) is 1. The molecule has 70 heavy (non-hydrogen) atoms. The summed E-state index contributed by atoms with van der Waals surface area (Å²) in [6, 6.07) is 73.2. The van der Waals surface area contributed by atoms with E-state index >= 15 is 13.2 Å². The van der Waals surface area contributed by atoms with Gasteiger partial charge in [-0.15, -0.1) is 0 Å². The molecule has 0 aliphatic carbocycles. The van der Waals surface area contributed by atoms with Crippen LogP contribution in [0.5, 0.6) is 0 Å². The Morgan fingerprint density at radius 1 is 0.300 bits per heavy atom. The van der Waals surface area contributed by atoms with Gasteiger partial charge in [-0.25, -0.2) is 0 Å². The number of hydrogen-bond donors (Lipinski definition) is 0. The van der Waals surface area contributed by atoms with Crippen molar-refractivity contribution in [3.8, 4) is 39.9 Å². The van der Waals surface area contributed by atoms with Crippen LogP contribution in [0, 0.1) is 11.3 Å². The summed E-state index contributed by atoms with van der Waals surface area (Å²) in [7, 11) is 0. The van der Waals surface area contributed by atoms with Crippen LogP contribution in [0.2, 0.25) is 0 Å². The van der Waals surface area contributed by atoms with E-state index in [0.29, 0.717) is 22.7 Å². The van der Waals surface area contributed by atoms with Gasteiger partial charge >= 0.3 is 6.18 Å². The maximum absolute atomic E-state index is 16.5. The highest BCUT2D eigenvalue weighted by atomic mass is 19.4. The van der Waals surface area contributed by atoms with Crippen LogP contribution in [0.4, 0.5) is 13.2 Å². The van der Waals surface area contributed by atoms with Crippen LogP contribution in [0.3, 0.4) is 0 Å². The molecular weight excluding hydrogens is 872 g/mol. The second kappa shape index (κ2) is 14.8. The highest BCUT2D eigenvalue weighted by Gasteiger charge is 2.37. The SMILES string of the molecule is N#Cc1cc(-n2c3ccccc3c3ccccc32)c(-n2c3ccccc3c3ccccc32)cc1-c1cc(-n2c3ccccc3c3ccccc32)c(-n2c3ccccc3c3ccccc32)cc1C(F)(F)F. The lowest BCUT2D eigenvalue weighted by Crippen LogP contribution is -2.13. The first kappa shape index (κ1) is 39.8. The fourth-order valence-electron chi connectivity index (χ4n) is 11.4. The lowest BCUT2D eigenvalue weighted by atomic mass is 9.92. The Kier molecular flexibility index (Phi) is 8.44. The zero-order valence-electron chi connectivity index (χ0n) is 37.2. The van der Waals surface area contributed by atoms with Gasteiger partial charge in [-0.2, -0.15) is 18.4 Å². The van der Waals surface area contributed by atoms with Gasteiger partial charge in [0.05, 0.1) is 84.1 Å². The summed E-state index contributed by atoms with van der Waals surface area (Å²) in [5.41, 5.74) is 8.24. The number of para-hydroxylation sites is 8. The smallest absolute Gasteiger partial charge is 0.307 e. The van der Waals surface area contributed by atoms with Gasteiger partial charge < -0.3 is 18.3 Å². The molecule has 0 saturated carbocycles. The molecule has 8 heteroatoms. The number of alkyl halides is 3. The molecule has 0 atom stereocenters. The van der Waals surface area contributed by atoms with Crippen molar-refractivity contribution in [2.45, 2.75) is 6.18 Å². The Morgan fingerprint density at radius 2 is 0.529 bits per heavy atom. The molecule has 0 aliphatic rings. The van der Waals surface area contributed by atoms with E-state index in [-0.39, 0.29) is 16.7 Å². The van der Waals surface area contributed by atoms with Crippen molar-refractivity contribution in [2.24, 2.45) is 0 Å². The van der Waals surface area contributed by atoms with Crippen LogP contribution in [-0.4, -0.2) is 18.3 Å². The summed E-state index contributed by atoms with van der Waals surface area (Å²) in [5, 5.41) is 19.2. The molecule has 4 heterocycles. The summed E-state index contributed by atoms with van der Waals surface area (Å²) in [4.78, 5) is 0. The highest BCUT2D eigenvalue weighted by Crippen LogP contribution is 2.48. The Labute approximate surface area is 397 Å². The molecule has 0 fully saturated rings. The van der Waals surface area contributed by atoms with Gasteiger partial charge in [0.15, 0.2) is 0 Å². The number of nitriles is 1. The largest absolute Gasteiger partial charge is 0.417 e. The third-order valence-corrected chi connectivity index (χ3v) is 14.2. The predicted octanol–water partition coefficient (Wildman–Crippen LogP) is 16.6. The van der Waals surface area contributed by atoms with Gasteiger partial charge in [0.1, 0.15) is 0 Å². The number of rotatable bonds is 5. The van der Waals surface area contributed by atoms with Crippen LogP contribution < -0.4 is 0 Å². The standard InChI is InChI=1S/C62H36F3N5/c63-62(64,65)49-36-61(70-56-31-15-7-23-45(56)46-24-8-16-32-57(46)70)60(69-54-29-13-5-21-43(54)44-22-6-14-30-55(44)69)35-48(49)47-34-59(68-52-27-11-3-19-41(52)42-20-4-12-28-53(42)68)58(33-38(47)37-66)67-50-25-9-1-17-39(50)40-18-2-10-26-51(40)67/h1-36H. The van der Waals surface area contributed by atoms with Crippen LogP contribution in [0.15, 0.2) is 218 Å². The van der Waals surface area contributed by atoms with Crippen molar-refractivity contribution in [3.63, 3.8) is 0 Å². The van der Waals surface area contributed by atoms with Gasteiger partial charge in [-0.3, -0.25) is 0 Å². The minimum Gasteiger partial charge on any atom is -0.307 e. The number of benzene rings is 10. The molecule has 4 aromatic heterocycles. The van der Waals surface area contributed by atoms with E-state index in [2.05, 4.69) is 68.3 Å².